The van der Waals surface area contributed by atoms with Crippen molar-refractivity contribution in [1.82, 2.24) is 9.88 Å². The van der Waals surface area contributed by atoms with E-state index < -0.39 is 0 Å². The zero-order chi connectivity index (χ0) is 20.2. The van der Waals surface area contributed by atoms with Crippen LogP contribution in [0.15, 0.2) is 72.8 Å². The molecule has 2 aromatic carbocycles. The van der Waals surface area contributed by atoms with E-state index >= 15 is 0 Å². The van der Waals surface area contributed by atoms with Crippen molar-refractivity contribution < 1.29 is 9.90 Å². The maximum atomic E-state index is 13.0. The number of hydrogen-bond donors (Lipinski definition) is 1. The van der Waals surface area contributed by atoms with E-state index in [1.54, 1.807) is 6.07 Å². The molecule has 3 aromatic rings. The molecule has 148 valence electrons. The minimum absolute atomic E-state index is 0.0202. The molecule has 0 saturated carbocycles. The van der Waals surface area contributed by atoms with Gasteiger partial charge in [-0.15, -0.1) is 0 Å². The minimum atomic E-state index is -0.125. The van der Waals surface area contributed by atoms with E-state index in [9.17, 15) is 9.90 Å². The van der Waals surface area contributed by atoms with Crippen LogP contribution >= 0.6 is 0 Å². The number of ketones is 1. The van der Waals surface area contributed by atoms with Gasteiger partial charge in [0.1, 0.15) is 11.5 Å². The van der Waals surface area contributed by atoms with Crippen LogP contribution in [0.1, 0.15) is 34.9 Å². The van der Waals surface area contributed by atoms with Crippen molar-refractivity contribution in [2.45, 2.75) is 25.8 Å². The third kappa shape index (κ3) is 4.38. The van der Waals surface area contributed by atoms with E-state index in [2.05, 4.69) is 34.1 Å². The Bertz CT molecular complexity index is 933. The molecule has 4 nitrogen and oxygen atoms in total. The number of benzene rings is 2. The molecule has 1 unspecified atom stereocenters. The second-order valence-corrected chi connectivity index (χ2v) is 7.78. The number of aromatic hydroxyl groups is 1. The summed E-state index contributed by atoms with van der Waals surface area (Å²) in [5, 5.41) is 10.2. The lowest BCUT2D eigenvalue weighted by molar-refractivity contribution is -0.127. The fraction of sp³-hybridized carbons (Fsp3) is 0.280. The number of aromatic nitrogens is 1. The van der Waals surface area contributed by atoms with E-state index in [4.69, 9.17) is 0 Å². The Morgan fingerprint density at radius 3 is 2.24 bits per heavy atom. The Kier molecular flexibility index (Phi) is 5.72. The zero-order valence-electron chi connectivity index (χ0n) is 16.7. The van der Waals surface area contributed by atoms with Crippen LogP contribution < -0.4 is 0 Å². The van der Waals surface area contributed by atoms with Crippen molar-refractivity contribution in [2.24, 2.45) is 5.92 Å². The summed E-state index contributed by atoms with van der Waals surface area (Å²) >= 11 is 0. The quantitative estimate of drug-likeness (QED) is 0.710. The lowest BCUT2D eigenvalue weighted by Gasteiger charge is -2.36. The number of hydrogen-bond acceptors (Lipinski definition) is 4. The average molecular weight is 386 g/mol. The topological polar surface area (TPSA) is 53.4 Å². The third-order valence-corrected chi connectivity index (χ3v) is 5.73. The van der Waals surface area contributed by atoms with Crippen molar-refractivity contribution in [1.29, 1.82) is 0 Å². The number of carbonyl (C=O) groups excluding carboxylic acids is 1. The number of rotatable bonds is 5. The SMILES string of the molecule is Cc1ccc(O)c(CN2CCC(=O)C(C(c3ccccc3)c3ccccc3)C2)n1. The van der Waals surface area contributed by atoms with Gasteiger partial charge in [-0.2, -0.15) is 0 Å². The standard InChI is InChI=1S/C25H26N2O2/c1-18-12-13-24(29)22(26-18)17-27-15-14-23(28)21(16-27)25(19-8-4-2-5-9-19)20-10-6-3-7-11-20/h2-13,21,25,29H,14-17H2,1H3. The van der Waals surface area contributed by atoms with Crippen LogP contribution in [-0.2, 0) is 11.3 Å². The molecule has 1 saturated heterocycles. The summed E-state index contributed by atoms with van der Waals surface area (Å²) in [4.78, 5) is 19.7. The molecule has 0 spiro atoms. The van der Waals surface area contributed by atoms with Crippen LogP contribution in [0.3, 0.4) is 0 Å². The molecule has 2 heterocycles. The first kappa shape index (κ1) is 19.3. The fourth-order valence-electron chi connectivity index (χ4n) is 4.27. The first-order chi connectivity index (χ1) is 14.1. The molecule has 0 amide bonds. The van der Waals surface area contributed by atoms with Crippen LogP contribution in [0.2, 0.25) is 0 Å². The van der Waals surface area contributed by atoms with Crippen molar-refractivity contribution in [3.63, 3.8) is 0 Å². The van der Waals surface area contributed by atoms with E-state index in [-0.39, 0.29) is 17.6 Å². The van der Waals surface area contributed by atoms with Gasteiger partial charge >= 0.3 is 0 Å². The van der Waals surface area contributed by atoms with Gasteiger partial charge in [-0.05, 0) is 30.2 Å². The van der Waals surface area contributed by atoms with Crippen molar-refractivity contribution >= 4 is 5.78 Å². The first-order valence-electron chi connectivity index (χ1n) is 10.1. The maximum Gasteiger partial charge on any atom is 0.139 e. The van der Waals surface area contributed by atoms with Crippen molar-refractivity contribution in [2.75, 3.05) is 13.1 Å². The van der Waals surface area contributed by atoms with Gasteiger partial charge in [0.25, 0.3) is 0 Å². The molecule has 1 aliphatic rings. The van der Waals surface area contributed by atoms with E-state index in [1.807, 2.05) is 49.4 Å². The normalized spacial score (nSPS) is 17.6. The highest BCUT2D eigenvalue weighted by Crippen LogP contribution is 2.36. The molecule has 1 fully saturated rings. The smallest absolute Gasteiger partial charge is 0.139 e. The number of nitrogens with zero attached hydrogens (tertiary/aromatic N) is 2. The second kappa shape index (κ2) is 8.58. The van der Waals surface area contributed by atoms with Crippen LogP contribution in [-0.4, -0.2) is 33.9 Å². The van der Waals surface area contributed by atoms with E-state index in [0.29, 0.717) is 37.5 Å². The molecule has 1 atom stereocenters. The van der Waals surface area contributed by atoms with Gasteiger partial charge in [0.2, 0.25) is 0 Å². The molecular formula is C25H26N2O2. The van der Waals surface area contributed by atoms with Crippen LogP contribution in [0.25, 0.3) is 0 Å². The fourth-order valence-corrected chi connectivity index (χ4v) is 4.27. The predicted molar refractivity (Wildman–Crippen MR) is 114 cm³/mol. The van der Waals surface area contributed by atoms with Crippen LogP contribution in [0.5, 0.6) is 5.75 Å². The molecule has 1 N–H and O–H groups in total. The third-order valence-electron chi connectivity index (χ3n) is 5.73. The van der Waals surface area contributed by atoms with E-state index in [0.717, 1.165) is 16.8 Å². The Balaban J connectivity index is 1.63. The Hall–Kier alpha value is -2.98. The minimum Gasteiger partial charge on any atom is -0.506 e. The number of Topliss-reactive ketones (excluding diaryl/α,β-unsaturated/α-hetero) is 1. The Morgan fingerprint density at radius 2 is 1.62 bits per heavy atom. The van der Waals surface area contributed by atoms with Crippen molar-refractivity contribution in [3.05, 3.63) is 95.3 Å². The molecule has 0 bridgehead atoms. The summed E-state index contributed by atoms with van der Waals surface area (Å²) < 4.78 is 0. The summed E-state index contributed by atoms with van der Waals surface area (Å²) in [7, 11) is 0. The highest BCUT2D eigenvalue weighted by atomic mass is 16.3. The van der Waals surface area contributed by atoms with Gasteiger partial charge in [-0.3, -0.25) is 14.7 Å². The lowest BCUT2D eigenvalue weighted by Crippen LogP contribution is -2.43. The first-order valence-corrected chi connectivity index (χ1v) is 10.1. The Morgan fingerprint density at radius 1 is 1.00 bits per heavy atom. The van der Waals surface area contributed by atoms with Gasteiger partial charge < -0.3 is 5.11 Å². The second-order valence-electron chi connectivity index (χ2n) is 7.78. The van der Waals surface area contributed by atoms with Gasteiger partial charge in [-0.1, -0.05) is 60.7 Å². The molecule has 1 aromatic heterocycles. The molecule has 4 heteroatoms. The number of pyridine rings is 1. The highest BCUT2D eigenvalue weighted by molar-refractivity contribution is 5.83. The number of aryl methyl sites for hydroxylation is 1. The number of likely N-dealkylation sites (tertiary alicyclic amines) is 1. The average Bonchev–Trinajstić information content (AvgIpc) is 2.75. The zero-order valence-corrected chi connectivity index (χ0v) is 16.7. The summed E-state index contributed by atoms with van der Waals surface area (Å²) in [6, 6.07) is 24.1. The van der Waals surface area contributed by atoms with Gasteiger partial charge in [0, 0.05) is 43.6 Å². The maximum absolute atomic E-state index is 13.0. The number of carbonyl (C=O) groups is 1. The van der Waals surface area contributed by atoms with E-state index in [1.165, 1.54) is 0 Å². The summed E-state index contributed by atoms with van der Waals surface area (Å²) in [6.07, 6.45) is 0.521. The molecular weight excluding hydrogens is 360 g/mol. The highest BCUT2D eigenvalue weighted by Gasteiger charge is 2.35. The van der Waals surface area contributed by atoms with Gasteiger partial charge in [0.15, 0.2) is 0 Å². The van der Waals surface area contributed by atoms with Crippen LogP contribution in [0.4, 0.5) is 0 Å². The lowest BCUT2D eigenvalue weighted by atomic mass is 9.76. The number of piperidine rings is 1. The monoisotopic (exact) mass is 386 g/mol. The molecule has 29 heavy (non-hydrogen) atoms. The largest absolute Gasteiger partial charge is 0.506 e. The molecule has 1 aliphatic heterocycles. The summed E-state index contributed by atoms with van der Waals surface area (Å²) in [5.74, 6) is 0.416. The van der Waals surface area contributed by atoms with Crippen LogP contribution in [0, 0.1) is 12.8 Å². The molecule has 0 aliphatic carbocycles. The predicted octanol–water partition coefficient (Wildman–Crippen LogP) is 4.32. The summed E-state index contributed by atoms with van der Waals surface area (Å²) in [5.41, 5.74) is 3.88. The van der Waals surface area contributed by atoms with Gasteiger partial charge in [0.05, 0.1) is 5.69 Å². The van der Waals surface area contributed by atoms with Gasteiger partial charge in [-0.25, -0.2) is 0 Å². The molecule has 4 rings (SSSR count). The molecule has 0 radical (unpaired) electrons. The Labute approximate surface area is 171 Å². The van der Waals surface area contributed by atoms with Crippen molar-refractivity contribution in [3.8, 4) is 5.75 Å². The summed E-state index contributed by atoms with van der Waals surface area (Å²) in [6.45, 7) is 3.82.